The molecule has 1 atom stereocenters. The van der Waals surface area contributed by atoms with Crippen molar-refractivity contribution in [3.05, 3.63) is 0 Å². The van der Waals surface area contributed by atoms with Crippen molar-refractivity contribution >= 4 is 5.84 Å². The quantitative estimate of drug-likeness (QED) is 0.268. The van der Waals surface area contributed by atoms with Gasteiger partial charge in [0.15, 0.2) is 0 Å². The van der Waals surface area contributed by atoms with Crippen molar-refractivity contribution in [3.63, 3.8) is 0 Å². The second-order valence-electron chi connectivity index (χ2n) is 4.41. The molecule has 1 heterocycles. The van der Waals surface area contributed by atoms with Gasteiger partial charge in [0.25, 0.3) is 0 Å². The van der Waals surface area contributed by atoms with Gasteiger partial charge in [0, 0.05) is 18.5 Å². The predicted molar refractivity (Wildman–Crippen MR) is 61.1 cm³/mol. The first kappa shape index (κ1) is 12.3. The second-order valence-corrected chi connectivity index (χ2v) is 4.41. The van der Waals surface area contributed by atoms with Gasteiger partial charge in [0.05, 0.1) is 0 Å². The maximum absolute atomic E-state index is 8.51. The van der Waals surface area contributed by atoms with Gasteiger partial charge in [-0.25, -0.2) is 0 Å². The van der Waals surface area contributed by atoms with E-state index >= 15 is 0 Å². The van der Waals surface area contributed by atoms with Crippen molar-refractivity contribution in [2.45, 2.75) is 25.8 Å². The van der Waals surface area contributed by atoms with Crippen molar-refractivity contribution in [1.82, 2.24) is 10.2 Å². The van der Waals surface area contributed by atoms with E-state index in [1.807, 2.05) is 6.92 Å². The summed E-state index contributed by atoms with van der Waals surface area (Å²) in [5.74, 6) is 0.394. The fourth-order valence-corrected chi connectivity index (χ4v) is 1.76. The van der Waals surface area contributed by atoms with Gasteiger partial charge < -0.3 is 21.2 Å². The zero-order chi connectivity index (χ0) is 11.3. The van der Waals surface area contributed by atoms with E-state index in [1.165, 1.54) is 12.8 Å². The number of amidine groups is 1. The molecule has 88 valence electrons. The largest absolute Gasteiger partial charge is 0.409 e. The van der Waals surface area contributed by atoms with Crippen LogP contribution in [0.5, 0.6) is 0 Å². The number of rotatable bonds is 4. The summed E-state index contributed by atoms with van der Waals surface area (Å²) in [6, 6.07) is 0.579. The van der Waals surface area contributed by atoms with E-state index in [0.717, 1.165) is 19.6 Å². The number of hydrogen-bond donors (Lipinski definition) is 3. The van der Waals surface area contributed by atoms with E-state index in [1.54, 1.807) is 0 Å². The maximum Gasteiger partial charge on any atom is 0.143 e. The Morgan fingerprint density at radius 1 is 1.60 bits per heavy atom. The fraction of sp³-hybridized carbons (Fsp3) is 0.900. The molecule has 5 heteroatoms. The normalized spacial score (nSPS) is 22.9. The minimum Gasteiger partial charge on any atom is -0.409 e. The number of oxime groups is 1. The predicted octanol–water partition coefficient (Wildman–Crippen LogP) is 0.0527. The van der Waals surface area contributed by atoms with Crippen LogP contribution >= 0.6 is 0 Å². The molecule has 0 spiro atoms. The van der Waals surface area contributed by atoms with Crippen molar-refractivity contribution in [2.24, 2.45) is 16.8 Å². The third-order valence-electron chi connectivity index (χ3n) is 3.05. The van der Waals surface area contributed by atoms with Crippen molar-refractivity contribution in [2.75, 3.05) is 26.7 Å². The van der Waals surface area contributed by atoms with E-state index < -0.39 is 0 Å². The first-order chi connectivity index (χ1) is 7.13. The van der Waals surface area contributed by atoms with Gasteiger partial charge in [-0.15, -0.1) is 0 Å². The highest BCUT2D eigenvalue weighted by Crippen LogP contribution is 2.08. The maximum atomic E-state index is 8.51. The zero-order valence-electron chi connectivity index (χ0n) is 9.61. The molecule has 0 aromatic carbocycles. The van der Waals surface area contributed by atoms with Gasteiger partial charge >= 0.3 is 0 Å². The van der Waals surface area contributed by atoms with Crippen molar-refractivity contribution in [3.8, 4) is 0 Å². The summed E-state index contributed by atoms with van der Waals surface area (Å²) in [6.07, 6.45) is 2.36. The number of likely N-dealkylation sites (tertiary alicyclic amines) is 1. The van der Waals surface area contributed by atoms with Crippen molar-refractivity contribution in [1.29, 1.82) is 0 Å². The summed E-state index contributed by atoms with van der Waals surface area (Å²) in [5, 5.41) is 15.0. The Hall–Kier alpha value is -0.810. The van der Waals surface area contributed by atoms with Crippen LogP contribution in [0.1, 0.15) is 19.8 Å². The zero-order valence-corrected chi connectivity index (χ0v) is 9.61. The van der Waals surface area contributed by atoms with E-state index in [4.69, 9.17) is 10.9 Å². The smallest absolute Gasteiger partial charge is 0.143 e. The SMILES string of the molecule is CC(CNC1CCN(C)CC1)C(N)=NO. The van der Waals surface area contributed by atoms with Gasteiger partial charge in [0.1, 0.15) is 5.84 Å². The van der Waals surface area contributed by atoms with E-state index in [-0.39, 0.29) is 5.92 Å². The number of nitrogens with one attached hydrogen (secondary N) is 1. The van der Waals surface area contributed by atoms with Gasteiger partial charge in [-0.3, -0.25) is 0 Å². The molecule has 4 N–H and O–H groups in total. The van der Waals surface area contributed by atoms with Crippen LogP contribution in [0.4, 0.5) is 0 Å². The molecule has 1 unspecified atom stereocenters. The third kappa shape index (κ3) is 4.05. The molecule has 15 heavy (non-hydrogen) atoms. The highest BCUT2D eigenvalue weighted by molar-refractivity contribution is 5.82. The summed E-state index contributed by atoms with van der Waals surface area (Å²) in [4.78, 5) is 2.34. The number of piperidine rings is 1. The van der Waals surface area contributed by atoms with Gasteiger partial charge in [-0.05, 0) is 33.0 Å². The van der Waals surface area contributed by atoms with Crippen LogP contribution in [0.3, 0.4) is 0 Å². The Bertz CT molecular complexity index is 211. The van der Waals surface area contributed by atoms with Crippen molar-refractivity contribution < 1.29 is 5.21 Å². The average Bonchev–Trinajstić information content (AvgIpc) is 2.26. The minimum atomic E-state index is 0.0923. The molecule has 0 radical (unpaired) electrons. The van der Waals surface area contributed by atoms with Crippen LogP contribution in [0.2, 0.25) is 0 Å². The Morgan fingerprint density at radius 3 is 2.73 bits per heavy atom. The molecule has 0 aliphatic carbocycles. The van der Waals surface area contributed by atoms with Crippen LogP contribution in [-0.2, 0) is 0 Å². The molecular weight excluding hydrogens is 192 g/mol. The Morgan fingerprint density at radius 2 is 2.20 bits per heavy atom. The molecule has 0 aromatic rings. The summed E-state index contributed by atoms with van der Waals surface area (Å²) >= 11 is 0. The van der Waals surface area contributed by atoms with Gasteiger partial charge in [-0.2, -0.15) is 0 Å². The molecule has 1 aliphatic heterocycles. The molecule has 0 bridgehead atoms. The summed E-state index contributed by atoms with van der Waals surface area (Å²) in [6.45, 7) is 5.03. The Balaban J connectivity index is 2.20. The second kappa shape index (κ2) is 5.92. The number of nitrogens with zero attached hydrogens (tertiary/aromatic N) is 2. The molecule has 0 amide bonds. The molecule has 1 saturated heterocycles. The molecule has 0 aromatic heterocycles. The Labute approximate surface area is 91.3 Å². The van der Waals surface area contributed by atoms with Crippen LogP contribution in [0, 0.1) is 5.92 Å². The minimum absolute atomic E-state index is 0.0923. The molecule has 1 fully saturated rings. The highest BCUT2D eigenvalue weighted by Gasteiger charge is 2.17. The first-order valence-electron chi connectivity index (χ1n) is 5.52. The lowest BCUT2D eigenvalue weighted by atomic mass is 10.0. The van der Waals surface area contributed by atoms with Crippen LogP contribution < -0.4 is 11.1 Å². The summed E-state index contributed by atoms with van der Waals surface area (Å²) < 4.78 is 0. The van der Waals surface area contributed by atoms with Crippen LogP contribution in [0.25, 0.3) is 0 Å². The summed E-state index contributed by atoms with van der Waals surface area (Å²) in [7, 11) is 2.15. The van der Waals surface area contributed by atoms with Gasteiger partial charge in [0.2, 0.25) is 0 Å². The molecule has 5 nitrogen and oxygen atoms in total. The molecule has 1 aliphatic rings. The van der Waals surface area contributed by atoms with E-state index in [9.17, 15) is 0 Å². The van der Waals surface area contributed by atoms with Crippen LogP contribution in [0.15, 0.2) is 5.16 Å². The lowest BCUT2D eigenvalue weighted by Gasteiger charge is -2.30. The standard InChI is InChI=1S/C10H22N4O/c1-8(10(11)13-15)7-12-9-3-5-14(2)6-4-9/h8-9,12,15H,3-7H2,1-2H3,(H2,11,13). The fourth-order valence-electron chi connectivity index (χ4n) is 1.76. The van der Waals surface area contributed by atoms with Crippen LogP contribution in [-0.4, -0.2) is 48.7 Å². The first-order valence-corrected chi connectivity index (χ1v) is 5.52. The number of nitrogens with two attached hydrogens (primary N) is 1. The monoisotopic (exact) mass is 214 g/mol. The lowest BCUT2D eigenvalue weighted by Crippen LogP contribution is -2.43. The van der Waals surface area contributed by atoms with E-state index in [2.05, 4.69) is 22.4 Å². The molecule has 1 rings (SSSR count). The third-order valence-corrected chi connectivity index (χ3v) is 3.05. The lowest BCUT2D eigenvalue weighted by molar-refractivity contribution is 0.233. The number of hydrogen-bond acceptors (Lipinski definition) is 4. The Kier molecular flexibility index (Phi) is 4.84. The summed E-state index contributed by atoms with van der Waals surface area (Å²) in [5.41, 5.74) is 5.51. The highest BCUT2D eigenvalue weighted by atomic mass is 16.4. The topological polar surface area (TPSA) is 73.9 Å². The van der Waals surface area contributed by atoms with E-state index in [0.29, 0.717) is 11.9 Å². The van der Waals surface area contributed by atoms with Gasteiger partial charge in [-0.1, -0.05) is 12.1 Å². The molecular formula is C10H22N4O. The molecule has 0 saturated carbocycles. The average molecular weight is 214 g/mol.